The van der Waals surface area contributed by atoms with E-state index in [9.17, 15) is 9.59 Å². The van der Waals surface area contributed by atoms with Crippen LogP contribution in [0.5, 0.6) is 0 Å². The third kappa shape index (κ3) is 4.59. The van der Waals surface area contributed by atoms with E-state index in [1.807, 2.05) is 41.4 Å². The minimum atomic E-state index is -0.186. The van der Waals surface area contributed by atoms with Gasteiger partial charge in [-0.2, -0.15) is 5.10 Å². The highest BCUT2D eigenvalue weighted by atomic mass is 16.2. The summed E-state index contributed by atoms with van der Waals surface area (Å²) in [5.41, 5.74) is 1.92. The Balaban J connectivity index is 1.44. The van der Waals surface area contributed by atoms with Crippen LogP contribution in [0.2, 0.25) is 0 Å². The molecular weight excluding hydrogens is 318 g/mol. The summed E-state index contributed by atoms with van der Waals surface area (Å²) in [4.78, 5) is 25.2. The van der Waals surface area contributed by atoms with Crippen molar-refractivity contribution in [2.45, 2.75) is 32.4 Å². The van der Waals surface area contributed by atoms with E-state index in [1.54, 1.807) is 17.8 Å². The summed E-state index contributed by atoms with van der Waals surface area (Å²) in [5, 5.41) is 10.1. The number of rotatable bonds is 4. The fourth-order valence-corrected chi connectivity index (χ4v) is 2.93. The molecule has 132 valence electrons. The number of carbonyl (C=O) groups excluding carboxylic acids is 2. The zero-order valence-corrected chi connectivity index (χ0v) is 14.3. The normalized spacial score (nSPS) is 15.0. The molecule has 7 nitrogen and oxygen atoms in total. The van der Waals surface area contributed by atoms with Crippen molar-refractivity contribution in [2.75, 3.05) is 13.1 Å². The predicted molar refractivity (Wildman–Crippen MR) is 94.2 cm³/mol. The topological polar surface area (TPSA) is 79.3 Å². The molecule has 1 fully saturated rings. The number of urea groups is 1. The van der Waals surface area contributed by atoms with Gasteiger partial charge >= 0.3 is 6.03 Å². The molecule has 7 heteroatoms. The smallest absolute Gasteiger partial charge is 0.315 e. The first-order valence-electron chi connectivity index (χ1n) is 8.50. The molecule has 0 bridgehead atoms. The fourth-order valence-electron chi connectivity index (χ4n) is 2.93. The first-order valence-corrected chi connectivity index (χ1v) is 8.50. The van der Waals surface area contributed by atoms with Crippen molar-refractivity contribution in [2.24, 2.45) is 0 Å². The van der Waals surface area contributed by atoms with Crippen LogP contribution in [0.25, 0.3) is 5.69 Å². The van der Waals surface area contributed by atoms with Gasteiger partial charge in [-0.25, -0.2) is 9.48 Å². The molecule has 0 unspecified atom stereocenters. The molecule has 2 aromatic rings. The monoisotopic (exact) mass is 341 g/mol. The highest BCUT2D eigenvalue weighted by Gasteiger charge is 2.21. The molecule has 1 aliphatic rings. The molecule has 1 aromatic carbocycles. The molecule has 1 aliphatic heterocycles. The highest BCUT2D eigenvalue weighted by molar-refractivity contribution is 5.75. The second kappa shape index (κ2) is 7.83. The van der Waals surface area contributed by atoms with Gasteiger partial charge in [-0.3, -0.25) is 4.79 Å². The summed E-state index contributed by atoms with van der Waals surface area (Å²) in [5.74, 6) is 0.0957. The fraction of sp³-hybridized carbons (Fsp3) is 0.389. The second-order valence-corrected chi connectivity index (χ2v) is 6.24. The molecule has 3 rings (SSSR count). The Morgan fingerprint density at radius 1 is 1.20 bits per heavy atom. The SMILES string of the molecule is CC(=O)N1CCC(NC(=O)NCc2cnn(-c3ccccc3)c2)CC1. The van der Waals surface area contributed by atoms with Gasteiger partial charge in [0, 0.05) is 44.4 Å². The van der Waals surface area contributed by atoms with Crippen molar-refractivity contribution in [1.82, 2.24) is 25.3 Å². The van der Waals surface area contributed by atoms with E-state index >= 15 is 0 Å². The summed E-state index contributed by atoms with van der Waals surface area (Å²) >= 11 is 0. The maximum absolute atomic E-state index is 12.0. The average molecular weight is 341 g/mol. The number of carbonyl (C=O) groups is 2. The molecule has 0 atom stereocenters. The zero-order chi connectivity index (χ0) is 17.6. The van der Waals surface area contributed by atoms with Crippen LogP contribution in [0.4, 0.5) is 4.79 Å². The van der Waals surface area contributed by atoms with Crippen LogP contribution in [0.1, 0.15) is 25.3 Å². The molecule has 1 saturated heterocycles. The number of benzene rings is 1. The van der Waals surface area contributed by atoms with Gasteiger partial charge < -0.3 is 15.5 Å². The van der Waals surface area contributed by atoms with E-state index in [0.717, 1.165) is 24.1 Å². The molecule has 1 aromatic heterocycles. The van der Waals surface area contributed by atoms with E-state index < -0.39 is 0 Å². The quantitative estimate of drug-likeness (QED) is 0.888. The van der Waals surface area contributed by atoms with Gasteiger partial charge in [0.2, 0.25) is 5.91 Å². The Labute approximate surface area is 147 Å². The molecule has 2 heterocycles. The number of para-hydroxylation sites is 1. The van der Waals surface area contributed by atoms with Gasteiger partial charge in [0.15, 0.2) is 0 Å². The maximum atomic E-state index is 12.0. The zero-order valence-electron chi connectivity index (χ0n) is 14.3. The standard InChI is InChI=1S/C18H23N5O2/c1-14(24)22-9-7-16(8-10-22)21-18(25)19-11-15-12-20-23(13-15)17-5-3-2-4-6-17/h2-6,12-13,16H,7-11H2,1H3,(H2,19,21,25). The van der Waals surface area contributed by atoms with Crippen LogP contribution in [-0.2, 0) is 11.3 Å². The largest absolute Gasteiger partial charge is 0.343 e. The summed E-state index contributed by atoms with van der Waals surface area (Å²) in [7, 11) is 0. The average Bonchev–Trinajstić information content (AvgIpc) is 3.10. The van der Waals surface area contributed by atoms with Crippen molar-refractivity contribution in [1.29, 1.82) is 0 Å². The first-order chi connectivity index (χ1) is 12.1. The second-order valence-electron chi connectivity index (χ2n) is 6.24. The lowest BCUT2D eigenvalue weighted by molar-refractivity contribution is -0.129. The Morgan fingerprint density at radius 2 is 1.92 bits per heavy atom. The predicted octanol–water partition coefficient (Wildman–Crippen LogP) is 1.68. The molecule has 2 N–H and O–H groups in total. The van der Waals surface area contributed by atoms with E-state index in [1.165, 1.54) is 0 Å². The minimum absolute atomic E-state index is 0.0957. The van der Waals surface area contributed by atoms with E-state index in [0.29, 0.717) is 19.6 Å². The lowest BCUT2D eigenvalue weighted by atomic mass is 10.1. The van der Waals surface area contributed by atoms with Crippen LogP contribution in [0.15, 0.2) is 42.7 Å². The minimum Gasteiger partial charge on any atom is -0.343 e. The van der Waals surface area contributed by atoms with E-state index in [4.69, 9.17) is 0 Å². The summed E-state index contributed by atoms with van der Waals surface area (Å²) < 4.78 is 1.78. The molecule has 0 radical (unpaired) electrons. The third-order valence-electron chi connectivity index (χ3n) is 4.39. The van der Waals surface area contributed by atoms with E-state index in [-0.39, 0.29) is 18.0 Å². The lowest BCUT2D eigenvalue weighted by Crippen LogP contribution is -2.48. The van der Waals surface area contributed by atoms with Crippen LogP contribution in [-0.4, -0.2) is 45.8 Å². The first kappa shape index (κ1) is 17.0. The number of hydrogen-bond donors (Lipinski definition) is 2. The van der Waals surface area contributed by atoms with Crippen molar-refractivity contribution < 1.29 is 9.59 Å². The van der Waals surface area contributed by atoms with Crippen LogP contribution in [0.3, 0.4) is 0 Å². The van der Waals surface area contributed by atoms with Crippen molar-refractivity contribution in [3.05, 3.63) is 48.3 Å². The Bertz CT molecular complexity index is 720. The third-order valence-corrected chi connectivity index (χ3v) is 4.39. The van der Waals surface area contributed by atoms with Gasteiger partial charge in [-0.15, -0.1) is 0 Å². The van der Waals surface area contributed by atoms with Crippen molar-refractivity contribution in [3.8, 4) is 5.69 Å². The maximum Gasteiger partial charge on any atom is 0.315 e. The number of nitrogens with one attached hydrogen (secondary N) is 2. The summed E-state index contributed by atoms with van der Waals surface area (Å²) in [6.45, 7) is 3.40. The number of hydrogen-bond acceptors (Lipinski definition) is 3. The van der Waals surface area contributed by atoms with Gasteiger partial charge in [0.25, 0.3) is 0 Å². The summed E-state index contributed by atoms with van der Waals surface area (Å²) in [6, 6.07) is 9.76. The Morgan fingerprint density at radius 3 is 2.60 bits per heavy atom. The Kier molecular flexibility index (Phi) is 5.33. The molecule has 25 heavy (non-hydrogen) atoms. The summed E-state index contributed by atoms with van der Waals surface area (Å²) in [6.07, 6.45) is 5.23. The number of aromatic nitrogens is 2. The van der Waals surface area contributed by atoms with Crippen molar-refractivity contribution in [3.63, 3.8) is 0 Å². The van der Waals surface area contributed by atoms with Gasteiger partial charge in [-0.05, 0) is 25.0 Å². The van der Waals surface area contributed by atoms with Gasteiger partial charge in [0.1, 0.15) is 0 Å². The Hall–Kier alpha value is -2.83. The molecule has 0 spiro atoms. The molecular formula is C18H23N5O2. The lowest BCUT2D eigenvalue weighted by Gasteiger charge is -2.31. The number of nitrogens with zero attached hydrogens (tertiary/aromatic N) is 3. The van der Waals surface area contributed by atoms with Crippen LogP contribution < -0.4 is 10.6 Å². The number of likely N-dealkylation sites (tertiary alicyclic amines) is 1. The highest BCUT2D eigenvalue weighted by Crippen LogP contribution is 2.10. The number of amides is 3. The van der Waals surface area contributed by atoms with Gasteiger partial charge in [0.05, 0.1) is 11.9 Å². The molecule has 3 amide bonds. The van der Waals surface area contributed by atoms with Crippen LogP contribution >= 0.6 is 0 Å². The van der Waals surface area contributed by atoms with Crippen LogP contribution in [0, 0.1) is 0 Å². The van der Waals surface area contributed by atoms with Gasteiger partial charge in [-0.1, -0.05) is 18.2 Å². The van der Waals surface area contributed by atoms with Crippen molar-refractivity contribution >= 4 is 11.9 Å². The molecule has 0 aliphatic carbocycles. The van der Waals surface area contributed by atoms with E-state index in [2.05, 4.69) is 15.7 Å². The molecule has 0 saturated carbocycles. The number of piperidine rings is 1.